The van der Waals surface area contributed by atoms with Gasteiger partial charge in [-0.05, 0) is 0 Å². The van der Waals surface area contributed by atoms with Gasteiger partial charge in [-0.3, -0.25) is 0 Å². The van der Waals surface area contributed by atoms with Crippen LogP contribution in [-0.4, -0.2) is 8.07 Å². The van der Waals surface area contributed by atoms with E-state index in [4.69, 9.17) is 0 Å². The molecule has 0 saturated heterocycles. The first-order valence-corrected chi connectivity index (χ1v) is 11.0. The molecule has 0 amide bonds. The second-order valence-electron chi connectivity index (χ2n) is 6.74. The van der Waals surface area contributed by atoms with Crippen molar-refractivity contribution in [3.05, 3.63) is 22.8 Å². The van der Waals surface area contributed by atoms with E-state index in [0.29, 0.717) is 3.72 Å². The van der Waals surface area contributed by atoms with Gasteiger partial charge in [0.2, 0.25) is 0 Å². The quantitative estimate of drug-likeness (QED) is 0.627. The van der Waals surface area contributed by atoms with Gasteiger partial charge in [-0.25, -0.2) is 0 Å². The Morgan fingerprint density at radius 2 is 1.88 bits per heavy atom. The van der Waals surface area contributed by atoms with Crippen molar-refractivity contribution in [2.45, 2.75) is 62.0 Å². The fourth-order valence-electron chi connectivity index (χ4n) is 3.01. The normalized spacial score (nSPS) is 30.3. The Morgan fingerprint density at radius 3 is 2.44 bits per heavy atom. The fourth-order valence-corrected chi connectivity index (χ4v) is 5.58. The van der Waals surface area contributed by atoms with E-state index in [9.17, 15) is 0 Å². The Kier molecular flexibility index (Phi) is 3.42. The third kappa shape index (κ3) is 2.47. The Morgan fingerprint density at radius 1 is 1.25 bits per heavy atom. The van der Waals surface area contributed by atoms with Crippen LogP contribution >= 0.6 is 0 Å². The number of hydrogen-bond donors (Lipinski definition) is 0. The monoisotopic (exact) mass is 267 g/mol. The Bertz CT molecular complexity index is 355. The summed E-state index contributed by atoms with van der Waals surface area (Å²) in [6.07, 6.45) is 8.08. The number of hydrogen-bond acceptors (Lipinski definition) is 0. The summed E-state index contributed by atoms with van der Waals surface area (Å²) < 4.78 is 0.385. The summed E-state index contributed by atoms with van der Waals surface area (Å²) in [7, 11) is -0.970. The molecule has 0 spiro atoms. The van der Waals surface area contributed by atoms with Crippen LogP contribution in [0.3, 0.4) is 0 Å². The van der Waals surface area contributed by atoms with E-state index in [-0.39, 0.29) is 0 Å². The van der Waals surface area contributed by atoms with Crippen LogP contribution in [0.15, 0.2) is 22.8 Å². The molecule has 2 rings (SSSR count). The van der Waals surface area contributed by atoms with Gasteiger partial charge < -0.3 is 0 Å². The van der Waals surface area contributed by atoms with Gasteiger partial charge in [0.05, 0.1) is 0 Å². The van der Waals surface area contributed by atoms with E-state index in [0.717, 1.165) is 0 Å². The summed E-state index contributed by atoms with van der Waals surface area (Å²) in [5, 5.41) is 0. The average Bonchev–Trinajstić information content (AvgIpc) is 2.37. The summed E-state index contributed by atoms with van der Waals surface area (Å²) in [6.45, 7) is 9.91. The molecule has 2 aliphatic carbocycles. The van der Waals surface area contributed by atoms with Crippen molar-refractivity contribution < 1.29 is 20.4 Å². The zero-order valence-electron chi connectivity index (χ0n) is 11.1. The summed E-state index contributed by atoms with van der Waals surface area (Å²) in [5.74, 6) is 0. The van der Waals surface area contributed by atoms with Gasteiger partial charge in [-0.2, -0.15) is 0 Å². The number of rotatable bonds is 2. The molecule has 0 bridgehead atoms. The Balaban J connectivity index is 2.25. The van der Waals surface area contributed by atoms with Gasteiger partial charge in [0, 0.05) is 0 Å². The molecule has 0 aromatic carbocycles. The maximum absolute atomic E-state index is 2.56. The van der Waals surface area contributed by atoms with Gasteiger partial charge >= 0.3 is 113 Å². The van der Waals surface area contributed by atoms with Crippen LogP contribution in [-0.2, 0) is 20.4 Å². The Labute approximate surface area is 113 Å². The fraction of sp³-hybridized carbons (Fsp3) is 0.714. The topological polar surface area (TPSA) is 0 Å². The molecule has 2 heteroatoms. The van der Waals surface area contributed by atoms with Gasteiger partial charge in [0.15, 0.2) is 0 Å². The molecule has 0 saturated carbocycles. The van der Waals surface area contributed by atoms with Crippen LogP contribution in [0.2, 0.25) is 29.4 Å². The molecule has 2 aliphatic rings. The van der Waals surface area contributed by atoms with Crippen molar-refractivity contribution in [1.29, 1.82) is 0 Å². The summed E-state index contributed by atoms with van der Waals surface area (Å²) in [6, 6.07) is 1.38. The minimum absolute atomic E-state index is 0.385. The molecule has 0 heterocycles. The summed E-state index contributed by atoms with van der Waals surface area (Å²) in [5.41, 5.74) is 5.20. The van der Waals surface area contributed by atoms with E-state index < -0.39 is 8.07 Å². The van der Waals surface area contributed by atoms with Crippen LogP contribution in [0.1, 0.15) is 32.6 Å². The van der Waals surface area contributed by atoms with E-state index in [1.54, 1.807) is 16.7 Å². The van der Waals surface area contributed by atoms with Crippen LogP contribution in [0, 0.1) is 0 Å². The molecule has 0 aliphatic heterocycles. The molecule has 0 N–H and O–H groups in total. The predicted octanol–water partition coefficient (Wildman–Crippen LogP) is 4.86. The van der Waals surface area contributed by atoms with Crippen molar-refractivity contribution in [2.24, 2.45) is 0 Å². The van der Waals surface area contributed by atoms with E-state index in [2.05, 4.69) is 53.1 Å². The van der Waals surface area contributed by atoms with Crippen LogP contribution in [0.25, 0.3) is 0 Å². The molecule has 1 unspecified atom stereocenters. The van der Waals surface area contributed by atoms with Gasteiger partial charge in [0.25, 0.3) is 0 Å². The molecule has 0 radical (unpaired) electrons. The van der Waals surface area contributed by atoms with Crippen molar-refractivity contribution in [2.75, 3.05) is 0 Å². The first-order chi connectivity index (χ1) is 7.31. The molecule has 1 atom stereocenters. The zero-order valence-corrected chi connectivity index (χ0v) is 13.7. The average molecular weight is 267 g/mol. The van der Waals surface area contributed by atoms with Crippen LogP contribution in [0.5, 0.6) is 0 Å². The molecule has 87 valence electrons. The molecular weight excluding hydrogens is 244 g/mol. The first-order valence-electron chi connectivity index (χ1n) is 6.49. The molecule has 0 fully saturated rings. The van der Waals surface area contributed by atoms with Gasteiger partial charge in [-0.1, -0.05) is 0 Å². The molecule has 0 nitrogen and oxygen atoms in total. The zero-order chi connectivity index (χ0) is 12.0. The molecule has 16 heavy (non-hydrogen) atoms. The van der Waals surface area contributed by atoms with Crippen molar-refractivity contribution in [3.8, 4) is 0 Å². The van der Waals surface area contributed by atoms with Crippen molar-refractivity contribution >= 4 is 8.07 Å². The third-order valence-electron chi connectivity index (χ3n) is 3.83. The maximum atomic E-state index is 2.56. The molecule has 0 aromatic heterocycles. The van der Waals surface area contributed by atoms with Crippen molar-refractivity contribution in [1.82, 2.24) is 0 Å². The SMILES string of the molecule is C[C]1([Ti])C(C[Si](C)(C)C)=CC2=C1CCCC2. The van der Waals surface area contributed by atoms with Crippen molar-refractivity contribution in [3.63, 3.8) is 0 Å². The molecule has 0 aromatic rings. The summed E-state index contributed by atoms with van der Waals surface area (Å²) in [4.78, 5) is 0. The minimum atomic E-state index is -0.970. The van der Waals surface area contributed by atoms with E-state index in [1.807, 2.05) is 0 Å². The standard InChI is InChI=1S/C14H23Si.Ti/c1-11-13(10-15(2,3)4)9-12-7-5-6-8-14(11)12;/h9H,5-8,10H2,1-4H3;. The third-order valence-corrected chi connectivity index (χ3v) is 6.24. The van der Waals surface area contributed by atoms with Gasteiger partial charge in [0.1, 0.15) is 0 Å². The molecular formula is C14H23SiTi. The first kappa shape index (κ1) is 12.9. The second kappa shape index (κ2) is 4.26. The van der Waals surface area contributed by atoms with Crippen LogP contribution < -0.4 is 0 Å². The number of allylic oxidation sites excluding steroid dienone is 4. The van der Waals surface area contributed by atoms with E-state index in [1.165, 1.54) is 31.7 Å². The van der Waals surface area contributed by atoms with E-state index >= 15 is 0 Å². The van der Waals surface area contributed by atoms with Crippen LogP contribution in [0.4, 0.5) is 0 Å². The summed E-state index contributed by atoms with van der Waals surface area (Å²) >= 11 is 2.45. The Hall–Kier alpha value is 0.411. The predicted molar refractivity (Wildman–Crippen MR) is 70.1 cm³/mol. The van der Waals surface area contributed by atoms with Gasteiger partial charge in [-0.15, -0.1) is 0 Å². The second-order valence-corrected chi connectivity index (χ2v) is 13.8.